The summed E-state index contributed by atoms with van der Waals surface area (Å²) in [5.74, 6) is 0.973. The highest BCUT2D eigenvalue weighted by molar-refractivity contribution is 6.01. The number of aromatic amines is 1. The van der Waals surface area contributed by atoms with Crippen molar-refractivity contribution in [3.63, 3.8) is 0 Å². The summed E-state index contributed by atoms with van der Waals surface area (Å²) in [6.45, 7) is 6.84. The van der Waals surface area contributed by atoms with Crippen molar-refractivity contribution in [2.45, 2.75) is 76.7 Å². The van der Waals surface area contributed by atoms with Gasteiger partial charge in [0.25, 0.3) is 0 Å². The van der Waals surface area contributed by atoms with Gasteiger partial charge in [0.15, 0.2) is 0 Å². The molecule has 180 valence electrons. The summed E-state index contributed by atoms with van der Waals surface area (Å²) in [5.41, 5.74) is 5.44. The lowest BCUT2D eigenvalue weighted by molar-refractivity contribution is 0.151. The Bertz CT molecular complexity index is 1120. The zero-order valence-electron chi connectivity index (χ0n) is 20.6. The van der Waals surface area contributed by atoms with Gasteiger partial charge in [0.05, 0.1) is 0 Å². The molecule has 2 amide bonds. The molecule has 34 heavy (non-hydrogen) atoms. The molecule has 3 unspecified atom stereocenters. The van der Waals surface area contributed by atoms with Crippen molar-refractivity contribution in [3.8, 4) is 0 Å². The van der Waals surface area contributed by atoms with Gasteiger partial charge in [0.1, 0.15) is 0 Å². The summed E-state index contributed by atoms with van der Waals surface area (Å²) < 4.78 is 0. The van der Waals surface area contributed by atoms with Gasteiger partial charge in [-0.2, -0.15) is 0 Å². The lowest BCUT2D eigenvalue weighted by atomic mass is 9.90. The van der Waals surface area contributed by atoms with Gasteiger partial charge in [-0.05, 0) is 98.8 Å². The molecule has 0 saturated carbocycles. The van der Waals surface area contributed by atoms with Crippen molar-refractivity contribution in [3.05, 3.63) is 59.8 Å². The second-order valence-electron chi connectivity index (χ2n) is 10.2. The number of H-pyrrole nitrogens is 1. The highest BCUT2D eigenvalue weighted by atomic mass is 16.2. The standard InChI is InChI=1S/C29H38N4O/c1-3-20(2)24-9-4-5-10-28(24)32-29(34)31-22-12-14-27-25(18-22)26(19-30-27)21-11-13-23-8-6-7-16-33(23)17-15-21/h4-5,9-10,12,14,18-21,23,30H,3,6-8,11,13,15-17H2,1-2H3,(H2,31,32,34). The van der Waals surface area contributed by atoms with Crippen LogP contribution in [0.5, 0.6) is 0 Å². The molecule has 5 nitrogen and oxygen atoms in total. The minimum Gasteiger partial charge on any atom is -0.361 e. The highest BCUT2D eigenvalue weighted by Gasteiger charge is 2.28. The molecule has 2 aromatic carbocycles. The molecule has 1 aromatic heterocycles. The maximum absolute atomic E-state index is 12.9. The first kappa shape index (κ1) is 23.0. The lowest BCUT2D eigenvalue weighted by Crippen LogP contribution is -2.38. The fourth-order valence-corrected chi connectivity index (χ4v) is 5.95. The minimum atomic E-state index is -0.196. The predicted octanol–water partition coefficient (Wildman–Crippen LogP) is 7.45. The van der Waals surface area contributed by atoms with E-state index in [4.69, 9.17) is 0 Å². The first-order valence-electron chi connectivity index (χ1n) is 13.1. The van der Waals surface area contributed by atoms with Crippen LogP contribution in [0.3, 0.4) is 0 Å². The summed E-state index contributed by atoms with van der Waals surface area (Å²) in [6, 6.07) is 14.9. The molecule has 0 radical (unpaired) electrons. The van der Waals surface area contributed by atoms with Crippen molar-refractivity contribution >= 4 is 28.3 Å². The van der Waals surface area contributed by atoms with Crippen LogP contribution in [0.4, 0.5) is 16.2 Å². The average Bonchev–Trinajstić information content (AvgIpc) is 3.15. The maximum atomic E-state index is 12.9. The van der Waals surface area contributed by atoms with Crippen LogP contribution in [0.2, 0.25) is 0 Å². The molecule has 3 N–H and O–H groups in total. The number of nitrogens with one attached hydrogen (secondary N) is 3. The Labute approximate surface area is 203 Å². The minimum absolute atomic E-state index is 0.196. The topological polar surface area (TPSA) is 60.2 Å². The number of anilines is 2. The van der Waals surface area contributed by atoms with E-state index in [0.717, 1.165) is 29.4 Å². The largest absolute Gasteiger partial charge is 0.361 e. The van der Waals surface area contributed by atoms with Crippen molar-refractivity contribution < 1.29 is 4.79 Å². The van der Waals surface area contributed by atoms with Crippen LogP contribution in [0.15, 0.2) is 48.7 Å². The van der Waals surface area contributed by atoms with Crippen LogP contribution in [0.1, 0.15) is 81.8 Å². The fraction of sp³-hybridized carbons (Fsp3) is 0.483. The molecular formula is C29H38N4O. The molecule has 2 aliphatic heterocycles. The number of piperidine rings is 1. The van der Waals surface area contributed by atoms with Gasteiger partial charge >= 0.3 is 6.03 Å². The van der Waals surface area contributed by atoms with Crippen molar-refractivity contribution in [1.29, 1.82) is 0 Å². The number of hydrogen-bond donors (Lipinski definition) is 3. The summed E-state index contributed by atoms with van der Waals surface area (Å²) in [4.78, 5) is 19.1. The highest BCUT2D eigenvalue weighted by Crippen LogP contribution is 2.37. The number of amides is 2. The second-order valence-corrected chi connectivity index (χ2v) is 10.2. The Morgan fingerprint density at radius 3 is 2.82 bits per heavy atom. The molecule has 0 aliphatic carbocycles. The van der Waals surface area contributed by atoms with E-state index < -0.39 is 0 Å². The van der Waals surface area contributed by atoms with Gasteiger partial charge in [0, 0.05) is 34.5 Å². The van der Waals surface area contributed by atoms with E-state index in [9.17, 15) is 4.79 Å². The normalized spacial score (nSPS) is 22.1. The van der Waals surface area contributed by atoms with Gasteiger partial charge in [-0.25, -0.2) is 4.79 Å². The molecule has 5 heteroatoms. The Kier molecular flexibility index (Phi) is 6.91. The summed E-state index contributed by atoms with van der Waals surface area (Å²) in [7, 11) is 0. The molecular weight excluding hydrogens is 420 g/mol. The molecule has 0 spiro atoms. The SMILES string of the molecule is CCC(C)c1ccccc1NC(=O)Nc1ccc2[nH]cc(C3CCC4CCCCN4CC3)c2c1. The van der Waals surface area contributed by atoms with E-state index in [1.165, 1.54) is 68.1 Å². The summed E-state index contributed by atoms with van der Waals surface area (Å²) >= 11 is 0. The summed E-state index contributed by atoms with van der Waals surface area (Å²) in [6.07, 6.45) is 11.1. The number of aromatic nitrogens is 1. The molecule has 2 aliphatic rings. The third-order valence-corrected chi connectivity index (χ3v) is 8.13. The Morgan fingerprint density at radius 2 is 1.94 bits per heavy atom. The molecule has 2 saturated heterocycles. The quantitative estimate of drug-likeness (QED) is 0.372. The van der Waals surface area contributed by atoms with Crippen LogP contribution < -0.4 is 10.6 Å². The Hall–Kier alpha value is -2.79. The van der Waals surface area contributed by atoms with Gasteiger partial charge in [-0.1, -0.05) is 38.5 Å². The maximum Gasteiger partial charge on any atom is 0.323 e. The number of nitrogens with zero attached hydrogens (tertiary/aromatic N) is 1. The number of benzene rings is 2. The van der Waals surface area contributed by atoms with Gasteiger partial charge in [-0.3, -0.25) is 0 Å². The molecule has 3 aromatic rings. The number of carbonyl (C=O) groups is 1. The molecule has 3 heterocycles. The van der Waals surface area contributed by atoms with E-state index >= 15 is 0 Å². The second kappa shape index (κ2) is 10.2. The third-order valence-electron chi connectivity index (χ3n) is 8.13. The molecule has 3 atom stereocenters. The van der Waals surface area contributed by atoms with Crippen LogP contribution >= 0.6 is 0 Å². The number of para-hydroxylation sites is 1. The number of urea groups is 1. The molecule has 2 fully saturated rings. The van der Waals surface area contributed by atoms with Crippen LogP contribution in [0.25, 0.3) is 10.9 Å². The lowest BCUT2D eigenvalue weighted by Gasteiger charge is -2.33. The van der Waals surface area contributed by atoms with E-state index in [1.54, 1.807) is 0 Å². The monoisotopic (exact) mass is 458 g/mol. The van der Waals surface area contributed by atoms with E-state index in [2.05, 4.69) is 58.8 Å². The van der Waals surface area contributed by atoms with Crippen molar-refractivity contribution in [2.75, 3.05) is 23.7 Å². The first-order chi connectivity index (χ1) is 16.6. The average molecular weight is 459 g/mol. The smallest absolute Gasteiger partial charge is 0.323 e. The zero-order valence-corrected chi connectivity index (χ0v) is 20.6. The van der Waals surface area contributed by atoms with Gasteiger partial charge in [0.2, 0.25) is 0 Å². The number of carbonyl (C=O) groups excluding carboxylic acids is 1. The third kappa shape index (κ3) is 4.85. The molecule has 5 rings (SSSR count). The van der Waals surface area contributed by atoms with Crippen LogP contribution in [-0.4, -0.2) is 35.0 Å². The van der Waals surface area contributed by atoms with E-state index in [-0.39, 0.29) is 6.03 Å². The molecule has 0 bridgehead atoms. The van der Waals surface area contributed by atoms with Crippen molar-refractivity contribution in [2.24, 2.45) is 0 Å². The fourth-order valence-electron chi connectivity index (χ4n) is 5.95. The number of hydrogen-bond acceptors (Lipinski definition) is 2. The van der Waals surface area contributed by atoms with E-state index in [1.807, 2.05) is 24.3 Å². The van der Waals surface area contributed by atoms with Gasteiger partial charge < -0.3 is 20.5 Å². The first-order valence-corrected chi connectivity index (χ1v) is 13.1. The Balaban J connectivity index is 1.31. The Morgan fingerprint density at radius 1 is 1.06 bits per heavy atom. The summed E-state index contributed by atoms with van der Waals surface area (Å²) in [5, 5.41) is 7.37. The van der Waals surface area contributed by atoms with E-state index in [0.29, 0.717) is 11.8 Å². The zero-order chi connectivity index (χ0) is 23.5. The van der Waals surface area contributed by atoms with Crippen LogP contribution in [0, 0.1) is 0 Å². The number of rotatable bonds is 5. The predicted molar refractivity (Wildman–Crippen MR) is 142 cm³/mol. The van der Waals surface area contributed by atoms with Gasteiger partial charge in [-0.15, -0.1) is 0 Å². The number of fused-ring (bicyclic) bond motifs is 2. The van der Waals surface area contributed by atoms with Crippen LogP contribution in [-0.2, 0) is 0 Å². The van der Waals surface area contributed by atoms with Crippen molar-refractivity contribution in [1.82, 2.24) is 9.88 Å².